The van der Waals surface area contributed by atoms with E-state index in [1.165, 1.54) is 24.8 Å². The van der Waals surface area contributed by atoms with Crippen LogP contribution in [-0.4, -0.2) is 12.4 Å². The highest BCUT2D eigenvalue weighted by Gasteiger charge is 2.37. The van der Waals surface area contributed by atoms with Gasteiger partial charge in [0.25, 0.3) is 0 Å². The van der Waals surface area contributed by atoms with Crippen molar-refractivity contribution < 1.29 is 9.47 Å². The molecule has 2 heteroatoms. The van der Waals surface area contributed by atoms with E-state index in [-0.39, 0.29) is 11.9 Å². The number of ether oxygens (including phenoxy) is 2. The van der Waals surface area contributed by atoms with Gasteiger partial charge in [0.05, 0.1) is 6.61 Å². The molecule has 1 aromatic carbocycles. The molecular formula is C15H22O2. The van der Waals surface area contributed by atoms with E-state index >= 15 is 0 Å². The van der Waals surface area contributed by atoms with Crippen molar-refractivity contribution in [2.24, 2.45) is 0 Å². The van der Waals surface area contributed by atoms with E-state index in [0.29, 0.717) is 6.61 Å². The predicted octanol–water partition coefficient (Wildman–Crippen LogP) is 4.07. The molecule has 0 saturated carbocycles. The largest absolute Gasteiger partial charge is 0.347 e. The van der Waals surface area contributed by atoms with Gasteiger partial charge in [-0.05, 0) is 18.9 Å². The summed E-state index contributed by atoms with van der Waals surface area (Å²) < 4.78 is 11.9. The zero-order valence-electron chi connectivity index (χ0n) is 10.8. The fraction of sp³-hybridized carbons (Fsp3) is 0.600. The van der Waals surface area contributed by atoms with Crippen LogP contribution in [0.25, 0.3) is 0 Å². The van der Waals surface area contributed by atoms with Crippen LogP contribution in [0.5, 0.6) is 0 Å². The lowest BCUT2D eigenvalue weighted by Crippen LogP contribution is -2.25. The second-order valence-corrected chi connectivity index (χ2v) is 4.92. The topological polar surface area (TPSA) is 18.5 Å². The first-order valence-corrected chi connectivity index (χ1v) is 6.60. The molecule has 1 fully saturated rings. The van der Waals surface area contributed by atoms with Crippen molar-refractivity contribution in [3.63, 3.8) is 0 Å². The summed E-state index contributed by atoms with van der Waals surface area (Å²) in [7, 11) is 0. The van der Waals surface area contributed by atoms with Crippen molar-refractivity contribution in [2.75, 3.05) is 6.61 Å². The lowest BCUT2D eigenvalue weighted by atomic mass is 10.1. The molecule has 1 aromatic rings. The van der Waals surface area contributed by atoms with Crippen molar-refractivity contribution in [1.82, 2.24) is 0 Å². The summed E-state index contributed by atoms with van der Waals surface area (Å²) in [4.78, 5) is 0. The smallest absolute Gasteiger partial charge is 0.166 e. The maximum absolute atomic E-state index is 6.06. The third kappa shape index (κ3) is 3.30. The number of unbranched alkanes of at least 4 members (excludes halogenated alkanes) is 2. The average molecular weight is 234 g/mol. The minimum Gasteiger partial charge on any atom is -0.347 e. The molecule has 0 aromatic heterocycles. The number of hydrogen-bond donors (Lipinski definition) is 0. The van der Waals surface area contributed by atoms with Gasteiger partial charge in [0.2, 0.25) is 0 Å². The van der Waals surface area contributed by atoms with Crippen LogP contribution in [0.4, 0.5) is 0 Å². The zero-order chi connectivity index (χ0) is 12.1. The molecule has 2 rings (SSSR count). The van der Waals surface area contributed by atoms with Gasteiger partial charge in [0.15, 0.2) is 5.79 Å². The standard InChI is InChI=1S/C15H22O2/c1-3-4-8-11-15(2)16-12-14(17-15)13-9-6-5-7-10-13/h5-7,9-10,14H,3-4,8,11-12H2,1-2H3. The normalized spacial score (nSPS) is 28.5. The van der Waals surface area contributed by atoms with Gasteiger partial charge in [-0.3, -0.25) is 0 Å². The molecule has 2 nitrogen and oxygen atoms in total. The zero-order valence-corrected chi connectivity index (χ0v) is 10.8. The van der Waals surface area contributed by atoms with Gasteiger partial charge in [-0.1, -0.05) is 50.1 Å². The van der Waals surface area contributed by atoms with Crippen LogP contribution in [0.1, 0.15) is 51.2 Å². The van der Waals surface area contributed by atoms with E-state index in [9.17, 15) is 0 Å². The summed E-state index contributed by atoms with van der Waals surface area (Å²) >= 11 is 0. The molecule has 2 atom stereocenters. The second-order valence-electron chi connectivity index (χ2n) is 4.92. The SMILES string of the molecule is CCCCCC1(C)OCC(c2ccccc2)O1. The maximum Gasteiger partial charge on any atom is 0.166 e. The number of benzene rings is 1. The Morgan fingerprint density at radius 3 is 2.71 bits per heavy atom. The highest BCUT2D eigenvalue weighted by Crippen LogP contribution is 2.36. The molecule has 0 bridgehead atoms. The molecule has 1 aliphatic rings. The van der Waals surface area contributed by atoms with Gasteiger partial charge < -0.3 is 9.47 Å². The molecule has 0 radical (unpaired) electrons. The highest BCUT2D eigenvalue weighted by atomic mass is 16.7. The third-order valence-electron chi connectivity index (χ3n) is 3.34. The van der Waals surface area contributed by atoms with Gasteiger partial charge in [-0.15, -0.1) is 0 Å². The Morgan fingerprint density at radius 2 is 2.00 bits per heavy atom. The molecule has 94 valence electrons. The number of hydrogen-bond acceptors (Lipinski definition) is 2. The summed E-state index contributed by atoms with van der Waals surface area (Å²) in [6, 6.07) is 10.3. The Balaban J connectivity index is 1.90. The van der Waals surface area contributed by atoms with Crippen LogP contribution in [0.2, 0.25) is 0 Å². The van der Waals surface area contributed by atoms with Crippen molar-refractivity contribution in [2.45, 2.75) is 51.4 Å². The van der Waals surface area contributed by atoms with Crippen LogP contribution in [0.15, 0.2) is 30.3 Å². The van der Waals surface area contributed by atoms with E-state index in [1.54, 1.807) is 0 Å². The second kappa shape index (κ2) is 5.65. The van der Waals surface area contributed by atoms with Gasteiger partial charge in [0, 0.05) is 6.42 Å². The average Bonchev–Trinajstić information content (AvgIpc) is 2.74. The quantitative estimate of drug-likeness (QED) is 0.715. The summed E-state index contributed by atoms with van der Waals surface area (Å²) in [6.07, 6.45) is 4.75. The molecule has 2 unspecified atom stereocenters. The Bertz CT molecular complexity index is 336. The van der Waals surface area contributed by atoms with Crippen LogP contribution < -0.4 is 0 Å². The molecule has 0 aliphatic carbocycles. The minimum atomic E-state index is -0.379. The van der Waals surface area contributed by atoms with E-state index in [4.69, 9.17) is 9.47 Å². The summed E-state index contributed by atoms with van der Waals surface area (Å²) in [5.41, 5.74) is 1.21. The van der Waals surface area contributed by atoms with E-state index in [0.717, 1.165) is 6.42 Å². The molecule has 17 heavy (non-hydrogen) atoms. The van der Waals surface area contributed by atoms with Crippen molar-refractivity contribution in [3.8, 4) is 0 Å². The molecule has 1 aliphatic heterocycles. The van der Waals surface area contributed by atoms with E-state index in [1.807, 2.05) is 18.2 Å². The van der Waals surface area contributed by atoms with Gasteiger partial charge in [0.1, 0.15) is 6.10 Å². The first-order valence-electron chi connectivity index (χ1n) is 6.60. The summed E-state index contributed by atoms with van der Waals surface area (Å²) in [6.45, 7) is 4.95. The Hall–Kier alpha value is -0.860. The first-order chi connectivity index (χ1) is 8.23. The monoisotopic (exact) mass is 234 g/mol. The van der Waals surface area contributed by atoms with Crippen molar-refractivity contribution in [1.29, 1.82) is 0 Å². The molecule has 1 heterocycles. The first kappa shape index (κ1) is 12.6. The van der Waals surface area contributed by atoms with E-state index in [2.05, 4.69) is 26.0 Å². The lowest BCUT2D eigenvalue weighted by molar-refractivity contribution is -0.159. The Labute approximate surface area is 104 Å². The molecule has 0 N–H and O–H groups in total. The van der Waals surface area contributed by atoms with Gasteiger partial charge in [-0.25, -0.2) is 0 Å². The summed E-state index contributed by atoms with van der Waals surface area (Å²) in [5, 5.41) is 0. The molecule has 1 saturated heterocycles. The molecule has 0 spiro atoms. The number of rotatable bonds is 5. The van der Waals surface area contributed by atoms with Crippen LogP contribution in [-0.2, 0) is 9.47 Å². The minimum absolute atomic E-state index is 0.0998. The van der Waals surface area contributed by atoms with Gasteiger partial charge in [-0.2, -0.15) is 0 Å². The van der Waals surface area contributed by atoms with Gasteiger partial charge >= 0.3 is 0 Å². The fourth-order valence-corrected chi connectivity index (χ4v) is 2.28. The van der Waals surface area contributed by atoms with Crippen LogP contribution >= 0.6 is 0 Å². The highest BCUT2D eigenvalue weighted by molar-refractivity contribution is 5.18. The molecular weight excluding hydrogens is 212 g/mol. The molecule has 0 amide bonds. The fourth-order valence-electron chi connectivity index (χ4n) is 2.28. The van der Waals surface area contributed by atoms with Crippen molar-refractivity contribution >= 4 is 0 Å². The van der Waals surface area contributed by atoms with Crippen LogP contribution in [0, 0.1) is 0 Å². The van der Waals surface area contributed by atoms with Crippen LogP contribution in [0.3, 0.4) is 0 Å². The predicted molar refractivity (Wildman–Crippen MR) is 68.8 cm³/mol. The Morgan fingerprint density at radius 1 is 1.24 bits per heavy atom. The van der Waals surface area contributed by atoms with E-state index < -0.39 is 0 Å². The third-order valence-corrected chi connectivity index (χ3v) is 3.34. The summed E-state index contributed by atoms with van der Waals surface area (Å²) in [5.74, 6) is -0.379. The Kier molecular flexibility index (Phi) is 4.19. The maximum atomic E-state index is 6.06. The van der Waals surface area contributed by atoms with Crippen molar-refractivity contribution in [3.05, 3.63) is 35.9 Å². The lowest BCUT2D eigenvalue weighted by Gasteiger charge is -2.23.